The SMILES string of the molecule is CCCCNCCS(=O)C(c1ccccc1)c1ccccc1.CCCS(=O)C(c1ccccc1)c1ccccc1.O=S(CCNCCCc1ccccc1)C(c1ccc(Br)cc1)c1ccc(Br)cc1.O=S(CCNCCCc1ccccc1)C(c1ccc(Cl)cc1)c1ccc(Cl)cc1.O=S(CCNCCCc1ccccc1)C(c1ccc(F)cc1)c1ccc(F)cc1. The van der Waals surface area contributed by atoms with Crippen molar-refractivity contribution in [2.75, 3.05) is 81.1 Å². The lowest BCUT2D eigenvalue weighted by Gasteiger charge is -2.18. The predicted molar refractivity (Wildman–Crippen MR) is 545 cm³/mol. The second-order valence-corrected chi connectivity index (χ2v) is 41.3. The summed E-state index contributed by atoms with van der Waals surface area (Å²) in [4.78, 5) is 0. The summed E-state index contributed by atoms with van der Waals surface area (Å²) in [6.45, 7) is 10.9. The van der Waals surface area contributed by atoms with Gasteiger partial charge in [0.15, 0.2) is 0 Å². The standard InChI is InChI=1S/C24H25Br2NOS.C24H25Cl2NOS.C24H25F2NOS.C19H25NOS.C16H18OS/c3*25-22-12-8-20(9-13-22)24(21-10-14-23(26)15-11-21)29(28)18-17-27-16-4-7-19-5-2-1-3-6-19;1-2-3-14-20-15-16-22(21)19(17-10-6-4-7-11-17)18-12-8-5-9-13-18;1-2-13-18(17)16(14-9-5-3-6-10-14)15-11-7-4-8-12-15/h3*1-3,5-6,8-15,24,27H,4,7,16-18H2;4-13,19-20H,2-3,14-16H2,1H3;3-12,16H,2,13H2,1H3. The molecule has 0 radical (unpaired) electrons. The highest BCUT2D eigenvalue weighted by molar-refractivity contribution is 9.10. The highest BCUT2D eigenvalue weighted by Gasteiger charge is 2.26. The van der Waals surface area contributed by atoms with E-state index in [1.165, 1.54) is 53.8 Å². The third-order valence-electron chi connectivity index (χ3n) is 20.8. The summed E-state index contributed by atoms with van der Waals surface area (Å²) >= 11 is 19.0. The number of halogens is 6. The molecule has 0 saturated carbocycles. The lowest BCUT2D eigenvalue weighted by molar-refractivity contribution is 0.625. The largest absolute Gasteiger partial charge is 0.316 e. The van der Waals surface area contributed by atoms with Crippen LogP contribution in [0.3, 0.4) is 0 Å². The third-order valence-corrected chi connectivity index (χ3v) is 30.9. The Bertz CT molecular complexity index is 4700. The maximum atomic E-state index is 13.3. The molecule has 0 fully saturated rings. The molecule has 5 atom stereocenters. The van der Waals surface area contributed by atoms with Crippen LogP contribution in [0.25, 0.3) is 0 Å². The van der Waals surface area contributed by atoms with Crippen LogP contribution in [0.2, 0.25) is 10.0 Å². The quantitative estimate of drug-likeness (QED) is 0.0276. The van der Waals surface area contributed by atoms with Crippen LogP contribution in [-0.2, 0) is 73.3 Å². The molecule has 127 heavy (non-hydrogen) atoms. The molecule has 668 valence electrons. The maximum Gasteiger partial charge on any atom is 0.123 e. The summed E-state index contributed by atoms with van der Waals surface area (Å²) in [6.07, 6.45) is 9.59. The van der Waals surface area contributed by atoms with Gasteiger partial charge in [0.05, 0.1) is 26.2 Å². The Kier molecular flexibility index (Phi) is 48.4. The van der Waals surface area contributed by atoms with Gasteiger partial charge >= 0.3 is 0 Å². The molecule has 0 aliphatic carbocycles. The number of rotatable bonds is 44. The highest BCUT2D eigenvalue weighted by Crippen LogP contribution is 2.35. The minimum absolute atomic E-state index is 0.00708. The molecule has 0 amide bonds. The fraction of sp³-hybridized carbons (Fsp3) is 0.271. The normalized spacial score (nSPS) is 12.3. The fourth-order valence-corrected chi connectivity index (χ4v) is 22.6. The molecule has 0 saturated heterocycles. The van der Waals surface area contributed by atoms with Crippen molar-refractivity contribution in [3.05, 3.63) is 461 Å². The minimum Gasteiger partial charge on any atom is -0.316 e. The molecule has 0 bridgehead atoms. The van der Waals surface area contributed by atoms with Crippen molar-refractivity contribution >= 4 is 109 Å². The number of unbranched alkanes of at least 4 members (excludes halogenated alkanes) is 1. The lowest BCUT2D eigenvalue weighted by atomic mass is 10.0. The van der Waals surface area contributed by atoms with Gasteiger partial charge in [-0.3, -0.25) is 21.0 Å². The van der Waals surface area contributed by atoms with E-state index in [4.69, 9.17) is 23.2 Å². The zero-order valence-corrected chi connectivity index (χ0v) is 81.1. The summed E-state index contributed by atoms with van der Waals surface area (Å²) in [6, 6.07) is 115. The fourth-order valence-electron chi connectivity index (χ4n) is 14.3. The Balaban J connectivity index is 0.000000181. The molecular formula is C107H118Br2Cl2F2N4O5S5. The van der Waals surface area contributed by atoms with Gasteiger partial charge in [-0.1, -0.05) is 360 Å². The lowest BCUT2D eigenvalue weighted by Crippen LogP contribution is -2.24. The van der Waals surface area contributed by atoms with Gasteiger partial charge in [0.25, 0.3) is 0 Å². The van der Waals surface area contributed by atoms with Crippen LogP contribution in [0.15, 0.2) is 367 Å². The van der Waals surface area contributed by atoms with E-state index in [-0.39, 0.29) is 32.6 Å². The van der Waals surface area contributed by atoms with E-state index < -0.39 is 59.2 Å². The van der Waals surface area contributed by atoms with Gasteiger partial charge in [0.2, 0.25) is 0 Å². The molecule has 9 nitrogen and oxygen atoms in total. The zero-order chi connectivity index (χ0) is 89.8. The summed E-state index contributed by atoms with van der Waals surface area (Å²) in [5.41, 5.74) is 14.2. The van der Waals surface area contributed by atoms with Crippen molar-refractivity contribution in [2.24, 2.45) is 0 Å². The first kappa shape index (κ1) is 103. The molecule has 0 aliphatic rings. The molecule has 20 heteroatoms. The van der Waals surface area contributed by atoms with Crippen molar-refractivity contribution < 1.29 is 29.8 Å². The van der Waals surface area contributed by atoms with Crippen LogP contribution in [-0.4, -0.2) is 102 Å². The first-order valence-corrected chi connectivity index (χ1v) is 52.8. The minimum atomic E-state index is -1.22. The van der Waals surface area contributed by atoms with Crippen molar-refractivity contribution in [1.29, 1.82) is 0 Å². The van der Waals surface area contributed by atoms with E-state index in [1.54, 1.807) is 24.3 Å². The van der Waals surface area contributed by atoms with Crippen molar-refractivity contribution in [3.8, 4) is 0 Å². The average molecular weight is 1970 g/mol. The van der Waals surface area contributed by atoms with Crippen molar-refractivity contribution in [3.63, 3.8) is 0 Å². The summed E-state index contributed by atoms with van der Waals surface area (Å²) in [7, 11) is -5.08. The van der Waals surface area contributed by atoms with Crippen LogP contribution in [0, 0.1) is 11.6 Å². The number of nitrogens with one attached hydrogen (secondary N) is 4. The van der Waals surface area contributed by atoms with Crippen LogP contribution in [0.5, 0.6) is 0 Å². The van der Waals surface area contributed by atoms with Crippen LogP contribution in [0.4, 0.5) is 8.78 Å². The first-order valence-electron chi connectivity index (χ1n) is 43.6. The van der Waals surface area contributed by atoms with Gasteiger partial charge in [-0.2, -0.15) is 0 Å². The number of aryl methyl sites for hydroxylation is 3. The summed E-state index contributed by atoms with van der Waals surface area (Å²) in [5, 5.41) is 14.2. The molecule has 4 N–H and O–H groups in total. The van der Waals surface area contributed by atoms with Crippen molar-refractivity contribution in [1.82, 2.24) is 21.3 Å². The predicted octanol–water partition coefficient (Wildman–Crippen LogP) is 25.2. The van der Waals surface area contributed by atoms with Gasteiger partial charge in [-0.25, -0.2) is 8.78 Å². The van der Waals surface area contributed by atoms with Gasteiger partial charge in [0.1, 0.15) is 11.6 Å². The van der Waals surface area contributed by atoms with Crippen LogP contribution >= 0.6 is 55.1 Å². The molecule has 0 aromatic heterocycles. The van der Waals surface area contributed by atoms with E-state index in [2.05, 4.69) is 200 Å². The van der Waals surface area contributed by atoms with E-state index in [1.807, 2.05) is 176 Å². The molecule has 13 aromatic rings. The number of benzene rings is 13. The van der Waals surface area contributed by atoms with E-state index in [9.17, 15) is 29.8 Å². The second-order valence-electron chi connectivity index (χ2n) is 30.4. The van der Waals surface area contributed by atoms with Crippen LogP contribution in [0.1, 0.15) is 151 Å². The van der Waals surface area contributed by atoms with Gasteiger partial charge in [-0.15, -0.1) is 0 Å². The Morgan fingerprint density at radius 1 is 0.244 bits per heavy atom. The summed E-state index contributed by atoms with van der Waals surface area (Å²) < 4.78 is 93.4. The molecule has 13 aromatic carbocycles. The number of hydrogen-bond acceptors (Lipinski definition) is 9. The first-order chi connectivity index (χ1) is 62.0. The Morgan fingerprint density at radius 2 is 0.441 bits per heavy atom. The van der Waals surface area contributed by atoms with Gasteiger partial charge in [-0.05, 0) is 223 Å². The molecule has 0 aliphatic heterocycles. The van der Waals surface area contributed by atoms with Gasteiger partial charge < -0.3 is 21.3 Å². The van der Waals surface area contributed by atoms with E-state index >= 15 is 0 Å². The molecule has 13 rings (SSSR count). The Hall–Kier alpha value is -8.15. The molecule has 5 unspecified atom stereocenters. The van der Waals surface area contributed by atoms with E-state index in [0.717, 1.165) is 161 Å². The monoisotopic (exact) mass is 1960 g/mol. The smallest absolute Gasteiger partial charge is 0.123 e. The van der Waals surface area contributed by atoms with Gasteiger partial charge in [0, 0.05) is 128 Å². The average Bonchev–Trinajstić information content (AvgIpc) is 0.839. The molecular weight excluding hydrogens is 1850 g/mol. The molecule has 0 heterocycles. The Morgan fingerprint density at radius 3 is 0.669 bits per heavy atom. The van der Waals surface area contributed by atoms with E-state index in [0.29, 0.717) is 39.6 Å². The maximum absolute atomic E-state index is 13.3. The highest BCUT2D eigenvalue weighted by atomic mass is 79.9. The number of hydrogen-bond donors (Lipinski definition) is 4. The Labute approximate surface area is 792 Å². The third kappa shape index (κ3) is 37.7. The zero-order valence-electron chi connectivity index (χ0n) is 72.4. The van der Waals surface area contributed by atoms with Crippen molar-refractivity contribution in [2.45, 2.75) is 97.9 Å². The topological polar surface area (TPSA) is 133 Å². The molecule has 0 spiro atoms. The second kappa shape index (κ2) is 59.9. The van der Waals surface area contributed by atoms with Crippen LogP contribution < -0.4 is 21.3 Å². The summed E-state index contributed by atoms with van der Waals surface area (Å²) in [5.74, 6) is 2.43.